The Balaban J connectivity index is 2.81. The maximum atomic E-state index is 11.1. The molecule has 4 heteroatoms. The van der Waals surface area contributed by atoms with E-state index in [0.717, 1.165) is 0 Å². The van der Waals surface area contributed by atoms with Crippen molar-refractivity contribution in [1.29, 1.82) is 0 Å². The minimum absolute atomic E-state index is 0.246. The lowest BCUT2D eigenvalue weighted by atomic mass is 10.7. The Morgan fingerprint density at radius 1 is 1.62 bits per heavy atom. The minimum Gasteiger partial charge on any atom is -0.368 e. The zero-order valence-corrected chi connectivity index (χ0v) is 4.14. The molecule has 8 heavy (non-hydrogen) atoms. The fourth-order valence-corrected chi connectivity index (χ4v) is 0.205. The van der Waals surface area contributed by atoms with Crippen LogP contribution in [0.3, 0.4) is 0 Å². The lowest BCUT2D eigenvalue weighted by molar-refractivity contribution is -0.113. The standard InChI is InChI=1S/C4H6F2O2/c5-4(6)3-8-2-1-7/h1,4H,2-3H2. The number of hydrogen-bond acceptors (Lipinski definition) is 2. The summed E-state index contributed by atoms with van der Waals surface area (Å²) in [5.74, 6) is 0. The van der Waals surface area contributed by atoms with E-state index in [1.807, 2.05) is 0 Å². The van der Waals surface area contributed by atoms with Crippen LogP contribution in [-0.4, -0.2) is 25.9 Å². The van der Waals surface area contributed by atoms with Crippen molar-refractivity contribution in [2.24, 2.45) is 0 Å². The van der Waals surface area contributed by atoms with Gasteiger partial charge in [-0.2, -0.15) is 0 Å². The van der Waals surface area contributed by atoms with E-state index >= 15 is 0 Å². The third-order valence-corrected chi connectivity index (χ3v) is 0.430. The van der Waals surface area contributed by atoms with Gasteiger partial charge in [-0.15, -0.1) is 0 Å². The summed E-state index contributed by atoms with van der Waals surface area (Å²) in [4.78, 5) is 9.42. The SMILES string of the molecule is O=CCOCC(F)F. The Hall–Kier alpha value is -0.510. The molecule has 0 aromatic rings. The molecule has 0 aliphatic rings. The molecule has 48 valence electrons. The summed E-state index contributed by atoms with van der Waals surface area (Å²) < 4.78 is 26.4. The lowest BCUT2D eigenvalue weighted by Crippen LogP contribution is -2.05. The molecule has 0 heterocycles. The van der Waals surface area contributed by atoms with Gasteiger partial charge < -0.3 is 9.53 Å². The van der Waals surface area contributed by atoms with Crippen molar-refractivity contribution < 1.29 is 18.3 Å². The zero-order valence-electron chi connectivity index (χ0n) is 4.14. The van der Waals surface area contributed by atoms with E-state index in [9.17, 15) is 13.6 Å². The third kappa shape index (κ3) is 5.49. The van der Waals surface area contributed by atoms with Gasteiger partial charge in [-0.3, -0.25) is 0 Å². The second-order valence-electron chi connectivity index (χ2n) is 1.10. The summed E-state index contributed by atoms with van der Waals surface area (Å²) in [7, 11) is 0. The summed E-state index contributed by atoms with van der Waals surface area (Å²) in [6.45, 7) is -0.900. The zero-order chi connectivity index (χ0) is 6.41. The molecule has 0 aromatic heterocycles. The van der Waals surface area contributed by atoms with Crippen LogP contribution in [0.15, 0.2) is 0 Å². The van der Waals surface area contributed by atoms with E-state index < -0.39 is 13.0 Å². The smallest absolute Gasteiger partial charge is 0.261 e. The Bertz CT molecular complexity index is 65.1. The van der Waals surface area contributed by atoms with Crippen molar-refractivity contribution in [3.63, 3.8) is 0 Å². The molecule has 0 saturated heterocycles. The van der Waals surface area contributed by atoms with Crippen molar-refractivity contribution in [3.8, 4) is 0 Å². The summed E-state index contributed by atoms with van der Waals surface area (Å²) in [5.41, 5.74) is 0. The van der Waals surface area contributed by atoms with Crippen LogP contribution in [-0.2, 0) is 9.53 Å². The normalized spacial score (nSPS) is 9.88. The highest BCUT2D eigenvalue weighted by Gasteiger charge is 1.99. The van der Waals surface area contributed by atoms with Crippen LogP contribution in [0.25, 0.3) is 0 Å². The van der Waals surface area contributed by atoms with Crippen LogP contribution in [0.4, 0.5) is 8.78 Å². The second kappa shape index (κ2) is 4.64. The fraction of sp³-hybridized carbons (Fsp3) is 0.750. The molecule has 0 amide bonds. The van der Waals surface area contributed by atoms with Crippen LogP contribution in [0.2, 0.25) is 0 Å². The number of aldehydes is 1. The molecule has 0 aliphatic heterocycles. The summed E-state index contributed by atoms with van der Waals surface area (Å²) in [5, 5.41) is 0. The molecule has 0 radical (unpaired) electrons. The molecule has 0 spiro atoms. The molecular weight excluding hydrogens is 118 g/mol. The van der Waals surface area contributed by atoms with Crippen molar-refractivity contribution >= 4 is 6.29 Å². The van der Waals surface area contributed by atoms with E-state index in [-0.39, 0.29) is 6.61 Å². The molecule has 0 fully saturated rings. The van der Waals surface area contributed by atoms with Gasteiger partial charge in [-0.25, -0.2) is 8.78 Å². The molecule has 0 saturated carbocycles. The van der Waals surface area contributed by atoms with E-state index in [1.54, 1.807) is 0 Å². The minimum atomic E-state index is -2.48. The number of hydrogen-bond donors (Lipinski definition) is 0. The highest BCUT2D eigenvalue weighted by atomic mass is 19.3. The molecule has 2 nitrogen and oxygen atoms in total. The van der Waals surface area contributed by atoms with Crippen LogP contribution in [0.1, 0.15) is 0 Å². The van der Waals surface area contributed by atoms with Gasteiger partial charge in [0.1, 0.15) is 19.5 Å². The highest BCUT2D eigenvalue weighted by molar-refractivity contribution is 5.50. The van der Waals surface area contributed by atoms with Gasteiger partial charge in [-0.05, 0) is 0 Å². The van der Waals surface area contributed by atoms with Gasteiger partial charge in [0, 0.05) is 0 Å². The quantitative estimate of drug-likeness (QED) is 0.402. The van der Waals surface area contributed by atoms with E-state index in [1.165, 1.54) is 0 Å². The van der Waals surface area contributed by atoms with Gasteiger partial charge in [-0.1, -0.05) is 0 Å². The molecular formula is C4H6F2O2. The van der Waals surface area contributed by atoms with Gasteiger partial charge in [0.2, 0.25) is 0 Å². The van der Waals surface area contributed by atoms with E-state index in [4.69, 9.17) is 0 Å². The van der Waals surface area contributed by atoms with Crippen LogP contribution >= 0.6 is 0 Å². The van der Waals surface area contributed by atoms with Gasteiger partial charge in [0.15, 0.2) is 0 Å². The Morgan fingerprint density at radius 2 is 2.25 bits per heavy atom. The predicted molar refractivity (Wildman–Crippen MR) is 22.9 cm³/mol. The largest absolute Gasteiger partial charge is 0.368 e. The summed E-state index contributed by atoms with van der Waals surface area (Å²) in [6, 6.07) is 0. The average Bonchev–Trinajstić information content (AvgIpc) is 1.66. The predicted octanol–water partition coefficient (Wildman–Crippen LogP) is 0.467. The molecule has 0 aliphatic carbocycles. The van der Waals surface area contributed by atoms with Crippen molar-refractivity contribution in [3.05, 3.63) is 0 Å². The number of halogens is 2. The Labute approximate surface area is 45.4 Å². The maximum absolute atomic E-state index is 11.1. The lowest BCUT2D eigenvalue weighted by Gasteiger charge is -1.94. The van der Waals surface area contributed by atoms with Crippen molar-refractivity contribution in [1.82, 2.24) is 0 Å². The molecule has 0 atom stereocenters. The first-order chi connectivity index (χ1) is 3.77. The summed E-state index contributed by atoms with van der Waals surface area (Å²) >= 11 is 0. The molecule has 0 rings (SSSR count). The average molecular weight is 124 g/mol. The molecule has 0 N–H and O–H groups in total. The number of ether oxygens (including phenoxy) is 1. The highest BCUT2D eigenvalue weighted by Crippen LogP contribution is 1.90. The Morgan fingerprint density at radius 3 is 2.62 bits per heavy atom. The van der Waals surface area contributed by atoms with Gasteiger partial charge in [0.25, 0.3) is 6.43 Å². The van der Waals surface area contributed by atoms with Crippen molar-refractivity contribution in [2.75, 3.05) is 13.2 Å². The second-order valence-corrected chi connectivity index (χ2v) is 1.10. The van der Waals surface area contributed by atoms with Crippen LogP contribution in [0.5, 0.6) is 0 Å². The van der Waals surface area contributed by atoms with Gasteiger partial charge in [0.05, 0.1) is 0 Å². The number of carbonyl (C=O) groups is 1. The van der Waals surface area contributed by atoms with Gasteiger partial charge >= 0.3 is 0 Å². The molecule has 0 unspecified atom stereocenters. The number of carbonyl (C=O) groups excluding carboxylic acids is 1. The molecule has 0 bridgehead atoms. The third-order valence-electron chi connectivity index (χ3n) is 0.430. The Kier molecular flexibility index (Phi) is 4.35. The number of alkyl halides is 2. The first kappa shape index (κ1) is 7.49. The topological polar surface area (TPSA) is 26.3 Å². The monoisotopic (exact) mass is 124 g/mol. The molecule has 0 aromatic carbocycles. The van der Waals surface area contributed by atoms with Crippen molar-refractivity contribution in [2.45, 2.75) is 6.43 Å². The maximum Gasteiger partial charge on any atom is 0.261 e. The van der Waals surface area contributed by atoms with E-state index in [0.29, 0.717) is 6.29 Å². The summed E-state index contributed by atoms with van der Waals surface area (Å²) in [6.07, 6.45) is -2.04. The number of rotatable bonds is 4. The fourth-order valence-electron chi connectivity index (χ4n) is 0.205. The van der Waals surface area contributed by atoms with Crippen LogP contribution < -0.4 is 0 Å². The van der Waals surface area contributed by atoms with E-state index in [2.05, 4.69) is 4.74 Å². The van der Waals surface area contributed by atoms with Crippen LogP contribution in [0, 0.1) is 0 Å². The first-order valence-corrected chi connectivity index (χ1v) is 2.07. The first-order valence-electron chi connectivity index (χ1n) is 2.07.